The van der Waals surface area contributed by atoms with Crippen molar-refractivity contribution in [2.75, 3.05) is 0 Å². The maximum absolute atomic E-state index is 12.2. The van der Waals surface area contributed by atoms with E-state index in [9.17, 15) is 13.2 Å². The number of nitrogens with one attached hydrogen (secondary N) is 2. The summed E-state index contributed by atoms with van der Waals surface area (Å²) in [6, 6.07) is 16.4. The molecule has 0 aliphatic heterocycles. The first kappa shape index (κ1) is 17.2. The molecule has 0 spiro atoms. The molecule has 2 aromatic rings. The maximum Gasteiger partial charge on any atom is 0.241 e. The van der Waals surface area contributed by atoms with E-state index >= 15 is 0 Å². The van der Waals surface area contributed by atoms with Crippen LogP contribution in [0.5, 0.6) is 0 Å². The highest BCUT2D eigenvalue weighted by molar-refractivity contribution is 7.89. The number of amides is 1. The Morgan fingerprint density at radius 3 is 2.00 bits per heavy atom. The average molecular weight is 332 g/mol. The van der Waals surface area contributed by atoms with Crippen LogP contribution in [0.3, 0.4) is 0 Å². The lowest BCUT2D eigenvalue weighted by Crippen LogP contribution is -2.45. The van der Waals surface area contributed by atoms with Crippen molar-refractivity contribution < 1.29 is 13.2 Å². The fourth-order valence-corrected chi connectivity index (χ4v) is 3.34. The van der Waals surface area contributed by atoms with Crippen molar-refractivity contribution in [3.63, 3.8) is 0 Å². The van der Waals surface area contributed by atoms with Gasteiger partial charge in [-0.2, -0.15) is 4.72 Å². The van der Waals surface area contributed by atoms with Gasteiger partial charge in [0.05, 0.1) is 17.0 Å². The molecule has 2 rings (SSSR count). The normalized spacial score (nSPS) is 14.0. The van der Waals surface area contributed by atoms with E-state index in [-0.39, 0.29) is 16.8 Å². The second kappa shape index (κ2) is 7.39. The van der Waals surface area contributed by atoms with Crippen LogP contribution in [0.25, 0.3) is 0 Å². The number of carbonyl (C=O) groups is 1. The number of carbonyl (C=O) groups excluding carboxylic acids is 1. The molecule has 5 nitrogen and oxygen atoms in total. The molecule has 0 fully saturated rings. The lowest BCUT2D eigenvalue weighted by molar-refractivity contribution is -0.123. The zero-order chi connectivity index (χ0) is 16.9. The Kier molecular flexibility index (Phi) is 5.52. The minimum atomic E-state index is -3.72. The standard InChI is InChI=1S/C17H20N2O3S/c1-13(15-9-5-3-6-10-15)18-17(20)14(2)19-23(21,22)16-11-7-4-8-12-16/h3-14,19H,1-2H3,(H,18,20)/t13-,14-/m0/s1. The molecule has 0 aliphatic rings. The Labute approximate surface area is 136 Å². The zero-order valence-electron chi connectivity index (χ0n) is 13.1. The van der Waals surface area contributed by atoms with Crippen LogP contribution in [0, 0.1) is 0 Å². The summed E-state index contributed by atoms with van der Waals surface area (Å²) in [5, 5.41) is 2.80. The molecule has 0 aromatic heterocycles. The van der Waals surface area contributed by atoms with Crippen molar-refractivity contribution in [1.82, 2.24) is 10.0 Å². The smallest absolute Gasteiger partial charge is 0.241 e. The van der Waals surface area contributed by atoms with Gasteiger partial charge in [-0.25, -0.2) is 8.42 Å². The third-order valence-corrected chi connectivity index (χ3v) is 4.99. The highest BCUT2D eigenvalue weighted by Crippen LogP contribution is 2.12. The molecular weight excluding hydrogens is 312 g/mol. The van der Waals surface area contributed by atoms with Gasteiger partial charge in [-0.1, -0.05) is 48.5 Å². The summed E-state index contributed by atoms with van der Waals surface area (Å²) >= 11 is 0. The van der Waals surface area contributed by atoms with E-state index in [2.05, 4.69) is 10.0 Å². The van der Waals surface area contributed by atoms with Gasteiger partial charge in [0.2, 0.25) is 15.9 Å². The number of benzene rings is 2. The Morgan fingerprint density at radius 1 is 0.913 bits per heavy atom. The first-order chi connectivity index (χ1) is 10.9. The number of hydrogen-bond acceptors (Lipinski definition) is 3. The van der Waals surface area contributed by atoms with Crippen LogP contribution in [0.1, 0.15) is 25.5 Å². The van der Waals surface area contributed by atoms with Gasteiger partial charge < -0.3 is 5.32 Å². The van der Waals surface area contributed by atoms with Gasteiger partial charge >= 0.3 is 0 Å². The van der Waals surface area contributed by atoms with E-state index in [1.165, 1.54) is 19.1 Å². The van der Waals surface area contributed by atoms with Crippen molar-refractivity contribution in [1.29, 1.82) is 0 Å². The molecule has 0 heterocycles. The third kappa shape index (κ3) is 4.64. The van der Waals surface area contributed by atoms with Crippen LogP contribution in [-0.2, 0) is 14.8 Å². The summed E-state index contributed by atoms with van der Waals surface area (Å²) in [7, 11) is -3.72. The van der Waals surface area contributed by atoms with E-state index in [1.807, 2.05) is 37.3 Å². The third-order valence-electron chi connectivity index (χ3n) is 3.44. The quantitative estimate of drug-likeness (QED) is 0.852. The Balaban J connectivity index is 2.00. The van der Waals surface area contributed by atoms with Crippen LogP contribution >= 0.6 is 0 Å². The second-order valence-electron chi connectivity index (χ2n) is 5.30. The Bertz CT molecular complexity index is 746. The molecule has 0 radical (unpaired) electrons. The monoisotopic (exact) mass is 332 g/mol. The van der Waals surface area contributed by atoms with Crippen LogP contribution < -0.4 is 10.0 Å². The Morgan fingerprint density at radius 2 is 1.43 bits per heavy atom. The zero-order valence-corrected chi connectivity index (χ0v) is 13.9. The summed E-state index contributed by atoms with van der Waals surface area (Å²) in [6.45, 7) is 3.37. The molecule has 122 valence electrons. The molecule has 2 aromatic carbocycles. The van der Waals surface area contributed by atoms with Crippen molar-refractivity contribution in [2.24, 2.45) is 0 Å². The molecular formula is C17H20N2O3S. The molecule has 0 saturated heterocycles. The lowest BCUT2D eigenvalue weighted by Gasteiger charge is -2.19. The predicted octanol–water partition coefficient (Wildman–Crippen LogP) is 2.23. The number of rotatable bonds is 6. The van der Waals surface area contributed by atoms with Crippen molar-refractivity contribution in [3.05, 3.63) is 66.2 Å². The minimum absolute atomic E-state index is 0.135. The van der Waals surface area contributed by atoms with E-state index in [1.54, 1.807) is 18.2 Å². The number of hydrogen-bond donors (Lipinski definition) is 2. The average Bonchev–Trinajstić information content (AvgIpc) is 2.56. The summed E-state index contributed by atoms with van der Waals surface area (Å²) < 4.78 is 26.8. The molecule has 2 N–H and O–H groups in total. The fraction of sp³-hybridized carbons (Fsp3) is 0.235. The summed E-state index contributed by atoms with van der Waals surface area (Å²) in [4.78, 5) is 12.3. The molecule has 1 amide bonds. The SMILES string of the molecule is C[C@H](NS(=O)(=O)c1ccccc1)C(=O)N[C@@H](C)c1ccccc1. The Hall–Kier alpha value is -2.18. The van der Waals surface area contributed by atoms with Crippen LogP contribution in [0.2, 0.25) is 0 Å². The van der Waals surface area contributed by atoms with Gasteiger partial charge in [0.25, 0.3) is 0 Å². The largest absolute Gasteiger partial charge is 0.348 e. The van der Waals surface area contributed by atoms with Gasteiger partial charge in [-0.3, -0.25) is 4.79 Å². The second-order valence-corrected chi connectivity index (χ2v) is 7.01. The first-order valence-electron chi connectivity index (χ1n) is 7.33. The van der Waals surface area contributed by atoms with Crippen molar-refractivity contribution >= 4 is 15.9 Å². The molecule has 0 bridgehead atoms. The van der Waals surface area contributed by atoms with E-state index in [0.717, 1.165) is 5.56 Å². The van der Waals surface area contributed by atoms with Gasteiger partial charge in [0.15, 0.2) is 0 Å². The van der Waals surface area contributed by atoms with E-state index in [0.29, 0.717) is 0 Å². The summed E-state index contributed by atoms with van der Waals surface area (Å²) in [5.41, 5.74) is 0.957. The first-order valence-corrected chi connectivity index (χ1v) is 8.81. The topological polar surface area (TPSA) is 75.3 Å². The van der Waals surface area contributed by atoms with Crippen molar-refractivity contribution in [2.45, 2.75) is 30.8 Å². The van der Waals surface area contributed by atoms with Crippen LogP contribution in [0.4, 0.5) is 0 Å². The van der Waals surface area contributed by atoms with Crippen molar-refractivity contribution in [3.8, 4) is 0 Å². The molecule has 6 heteroatoms. The lowest BCUT2D eigenvalue weighted by atomic mass is 10.1. The highest BCUT2D eigenvalue weighted by atomic mass is 32.2. The predicted molar refractivity (Wildman–Crippen MR) is 89.2 cm³/mol. The highest BCUT2D eigenvalue weighted by Gasteiger charge is 2.22. The van der Waals surface area contributed by atoms with Gasteiger partial charge in [0, 0.05) is 0 Å². The molecule has 2 atom stereocenters. The number of sulfonamides is 1. The van der Waals surface area contributed by atoms with Gasteiger partial charge in [-0.15, -0.1) is 0 Å². The van der Waals surface area contributed by atoms with E-state index in [4.69, 9.17) is 0 Å². The fourth-order valence-electron chi connectivity index (χ4n) is 2.12. The van der Waals surface area contributed by atoms with Gasteiger partial charge in [0.1, 0.15) is 0 Å². The summed E-state index contributed by atoms with van der Waals surface area (Å²) in [5.74, 6) is -0.374. The molecule has 0 aliphatic carbocycles. The van der Waals surface area contributed by atoms with Crippen LogP contribution in [-0.4, -0.2) is 20.4 Å². The van der Waals surface area contributed by atoms with E-state index < -0.39 is 16.1 Å². The van der Waals surface area contributed by atoms with Gasteiger partial charge in [-0.05, 0) is 31.5 Å². The molecule has 0 unspecified atom stereocenters. The molecule has 23 heavy (non-hydrogen) atoms. The minimum Gasteiger partial charge on any atom is -0.348 e. The maximum atomic E-state index is 12.2. The van der Waals surface area contributed by atoms with Crippen LogP contribution in [0.15, 0.2) is 65.6 Å². The summed E-state index contributed by atoms with van der Waals surface area (Å²) in [6.07, 6.45) is 0. The molecule has 0 saturated carbocycles.